The van der Waals surface area contributed by atoms with E-state index in [1.165, 1.54) is 0 Å². The van der Waals surface area contributed by atoms with Gasteiger partial charge in [-0.05, 0) is 24.0 Å². The number of aromatic nitrogens is 3. The molecule has 0 saturated heterocycles. The summed E-state index contributed by atoms with van der Waals surface area (Å²) < 4.78 is 1.73. The number of nitrogen functional groups attached to an aromatic ring is 1. The van der Waals surface area contributed by atoms with Gasteiger partial charge in [-0.15, -0.1) is 0 Å². The Labute approximate surface area is 108 Å². The number of nitrogens with two attached hydrogens (primary N) is 1. The smallest absolute Gasteiger partial charge is 0.131 e. The van der Waals surface area contributed by atoms with E-state index in [2.05, 4.69) is 30.9 Å². The minimum atomic E-state index is 0.171. The van der Waals surface area contributed by atoms with Crippen LogP contribution in [0.25, 0.3) is 11.3 Å². The van der Waals surface area contributed by atoms with Crippen molar-refractivity contribution in [2.75, 3.05) is 5.73 Å². The molecule has 0 aliphatic heterocycles. The van der Waals surface area contributed by atoms with Crippen LogP contribution in [-0.2, 0) is 13.5 Å². The number of rotatable bonds is 2. The Balaban J connectivity index is 2.52. The minimum Gasteiger partial charge on any atom is -0.383 e. The molecule has 0 radical (unpaired) electrons. The van der Waals surface area contributed by atoms with E-state index in [1.54, 1.807) is 10.9 Å². The molecule has 4 nitrogen and oxygen atoms in total. The normalized spacial score (nSPS) is 11.8. The zero-order valence-corrected chi connectivity index (χ0v) is 11.4. The molecule has 2 aromatic heterocycles. The molecule has 0 aromatic carbocycles. The summed E-state index contributed by atoms with van der Waals surface area (Å²) in [7, 11) is 1.87. The van der Waals surface area contributed by atoms with Crippen molar-refractivity contribution < 1.29 is 0 Å². The maximum Gasteiger partial charge on any atom is 0.131 e. The Hall–Kier alpha value is -1.84. The lowest BCUT2D eigenvalue weighted by Crippen LogP contribution is -2.10. The predicted molar refractivity (Wildman–Crippen MR) is 74.0 cm³/mol. The number of hydrogen-bond donors (Lipinski definition) is 1. The van der Waals surface area contributed by atoms with E-state index >= 15 is 0 Å². The lowest BCUT2D eigenvalue weighted by Gasteiger charge is -2.17. The zero-order valence-electron chi connectivity index (χ0n) is 11.4. The van der Waals surface area contributed by atoms with Crippen LogP contribution in [0.15, 0.2) is 24.4 Å². The van der Waals surface area contributed by atoms with Crippen LogP contribution in [0.2, 0.25) is 0 Å². The molecule has 96 valence electrons. The standard InChI is InChI=1S/C14H20N4/c1-14(2,3)9-11-12(13(15)18(4)17-11)10-7-5-6-8-16-10/h5-8H,9,15H2,1-4H3. The van der Waals surface area contributed by atoms with Gasteiger partial charge in [0.15, 0.2) is 0 Å². The maximum absolute atomic E-state index is 6.11. The van der Waals surface area contributed by atoms with Gasteiger partial charge in [0.1, 0.15) is 5.82 Å². The van der Waals surface area contributed by atoms with Crippen molar-refractivity contribution in [2.45, 2.75) is 27.2 Å². The van der Waals surface area contributed by atoms with Crippen molar-refractivity contribution in [1.29, 1.82) is 0 Å². The highest BCUT2D eigenvalue weighted by molar-refractivity contribution is 5.73. The summed E-state index contributed by atoms with van der Waals surface area (Å²) in [6, 6.07) is 5.84. The summed E-state index contributed by atoms with van der Waals surface area (Å²) in [5, 5.41) is 4.52. The Morgan fingerprint density at radius 2 is 2.00 bits per heavy atom. The molecule has 0 amide bonds. The number of anilines is 1. The molecule has 2 aromatic rings. The van der Waals surface area contributed by atoms with Gasteiger partial charge in [-0.1, -0.05) is 26.8 Å². The SMILES string of the molecule is Cn1nc(CC(C)(C)C)c(-c2ccccn2)c1N. The molecule has 2 rings (SSSR count). The lowest BCUT2D eigenvalue weighted by atomic mass is 9.89. The molecule has 0 saturated carbocycles. The molecule has 0 atom stereocenters. The molecule has 0 spiro atoms. The lowest BCUT2D eigenvalue weighted by molar-refractivity contribution is 0.405. The van der Waals surface area contributed by atoms with Crippen LogP contribution >= 0.6 is 0 Å². The number of pyridine rings is 1. The summed E-state index contributed by atoms with van der Waals surface area (Å²) in [4.78, 5) is 4.38. The molecule has 0 aliphatic carbocycles. The van der Waals surface area contributed by atoms with Crippen molar-refractivity contribution in [1.82, 2.24) is 14.8 Å². The number of hydrogen-bond acceptors (Lipinski definition) is 3. The van der Waals surface area contributed by atoms with Gasteiger partial charge in [-0.3, -0.25) is 9.67 Å². The second-order valence-corrected chi connectivity index (χ2v) is 5.78. The van der Waals surface area contributed by atoms with Crippen LogP contribution in [0.3, 0.4) is 0 Å². The van der Waals surface area contributed by atoms with E-state index in [4.69, 9.17) is 5.73 Å². The third kappa shape index (κ3) is 2.53. The third-order valence-corrected chi connectivity index (χ3v) is 2.78. The fourth-order valence-electron chi connectivity index (χ4n) is 2.01. The van der Waals surface area contributed by atoms with E-state index in [0.717, 1.165) is 23.4 Å². The summed E-state index contributed by atoms with van der Waals surface area (Å²) >= 11 is 0. The predicted octanol–water partition coefficient (Wildman–Crippen LogP) is 2.65. The van der Waals surface area contributed by atoms with E-state index in [0.29, 0.717) is 5.82 Å². The van der Waals surface area contributed by atoms with Crippen LogP contribution in [0.5, 0.6) is 0 Å². The van der Waals surface area contributed by atoms with Gasteiger partial charge >= 0.3 is 0 Å². The second kappa shape index (κ2) is 4.44. The molecular formula is C14H20N4. The highest BCUT2D eigenvalue weighted by atomic mass is 15.3. The van der Waals surface area contributed by atoms with Gasteiger partial charge in [0.25, 0.3) is 0 Å². The van der Waals surface area contributed by atoms with Gasteiger partial charge in [0.2, 0.25) is 0 Å². The fourth-order valence-corrected chi connectivity index (χ4v) is 2.01. The van der Waals surface area contributed by atoms with Gasteiger partial charge in [0, 0.05) is 13.2 Å². The fraction of sp³-hybridized carbons (Fsp3) is 0.429. The Morgan fingerprint density at radius 1 is 1.28 bits per heavy atom. The van der Waals surface area contributed by atoms with Gasteiger partial charge < -0.3 is 5.73 Å². The van der Waals surface area contributed by atoms with Gasteiger partial charge in [0.05, 0.1) is 17.0 Å². The molecule has 0 aliphatic rings. The summed E-state index contributed by atoms with van der Waals surface area (Å²) in [5.74, 6) is 0.674. The summed E-state index contributed by atoms with van der Waals surface area (Å²) in [6.45, 7) is 6.58. The van der Waals surface area contributed by atoms with Gasteiger partial charge in [-0.25, -0.2) is 0 Å². The second-order valence-electron chi connectivity index (χ2n) is 5.78. The first-order valence-electron chi connectivity index (χ1n) is 6.11. The first-order chi connectivity index (χ1) is 8.38. The highest BCUT2D eigenvalue weighted by Gasteiger charge is 2.21. The molecule has 0 unspecified atom stereocenters. The molecule has 0 bridgehead atoms. The van der Waals surface area contributed by atoms with Crippen molar-refractivity contribution in [3.8, 4) is 11.3 Å². The maximum atomic E-state index is 6.11. The molecule has 2 heterocycles. The Bertz CT molecular complexity index is 535. The summed E-state index contributed by atoms with van der Waals surface area (Å²) in [5.41, 5.74) is 9.16. The molecule has 4 heteroatoms. The van der Waals surface area contributed by atoms with Crippen molar-refractivity contribution >= 4 is 5.82 Å². The van der Waals surface area contributed by atoms with Crippen molar-refractivity contribution in [2.24, 2.45) is 12.5 Å². The molecule has 0 fully saturated rings. The van der Waals surface area contributed by atoms with Crippen LogP contribution in [-0.4, -0.2) is 14.8 Å². The summed E-state index contributed by atoms with van der Waals surface area (Å²) in [6.07, 6.45) is 2.66. The van der Waals surface area contributed by atoms with Crippen LogP contribution in [0.4, 0.5) is 5.82 Å². The Morgan fingerprint density at radius 3 is 2.56 bits per heavy atom. The number of nitrogens with zero attached hydrogens (tertiary/aromatic N) is 3. The third-order valence-electron chi connectivity index (χ3n) is 2.78. The van der Waals surface area contributed by atoms with Crippen LogP contribution in [0, 0.1) is 5.41 Å². The molecular weight excluding hydrogens is 224 g/mol. The van der Waals surface area contributed by atoms with Crippen molar-refractivity contribution in [3.63, 3.8) is 0 Å². The van der Waals surface area contributed by atoms with E-state index < -0.39 is 0 Å². The topological polar surface area (TPSA) is 56.7 Å². The van der Waals surface area contributed by atoms with E-state index in [9.17, 15) is 0 Å². The first-order valence-corrected chi connectivity index (χ1v) is 6.11. The van der Waals surface area contributed by atoms with E-state index in [1.807, 2.05) is 25.2 Å². The van der Waals surface area contributed by atoms with E-state index in [-0.39, 0.29) is 5.41 Å². The highest BCUT2D eigenvalue weighted by Crippen LogP contribution is 2.31. The quantitative estimate of drug-likeness (QED) is 0.883. The average molecular weight is 244 g/mol. The Kier molecular flexibility index (Phi) is 3.11. The van der Waals surface area contributed by atoms with Crippen LogP contribution in [0.1, 0.15) is 26.5 Å². The first kappa shape index (κ1) is 12.6. The largest absolute Gasteiger partial charge is 0.383 e. The molecule has 2 N–H and O–H groups in total. The van der Waals surface area contributed by atoms with Crippen molar-refractivity contribution in [3.05, 3.63) is 30.1 Å². The average Bonchev–Trinajstić information content (AvgIpc) is 2.53. The van der Waals surface area contributed by atoms with Gasteiger partial charge in [-0.2, -0.15) is 5.10 Å². The minimum absolute atomic E-state index is 0.171. The van der Waals surface area contributed by atoms with Crippen LogP contribution < -0.4 is 5.73 Å². The monoisotopic (exact) mass is 244 g/mol. The zero-order chi connectivity index (χ0) is 13.3. The number of aryl methyl sites for hydroxylation is 1. The molecule has 18 heavy (non-hydrogen) atoms.